The molecular weight excluding hydrogens is 754 g/mol. The number of ether oxygens (including phenoxy) is 2. The molecule has 0 radical (unpaired) electrons. The number of aliphatic hydroxyl groups excluding tert-OH is 1. The summed E-state index contributed by atoms with van der Waals surface area (Å²) < 4.78 is 38.4. The van der Waals surface area contributed by atoms with Crippen LogP contribution in [0.4, 0.5) is 18.4 Å². The molecule has 0 aliphatic heterocycles. The van der Waals surface area contributed by atoms with Gasteiger partial charge in [-0.25, -0.2) is 18.4 Å². The Labute approximate surface area is 259 Å². The number of azide groups is 1. The van der Waals surface area contributed by atoms with E-state index in [1.807, 2.05) is 45.2 Å². The third kappa shape index (κ3) is 14.8. The van der Waals surface area contributed by atoms with E-state index >= 15 is 0 Å². The summed E-state index contributed by atoms with van der Waals surface area (Å²) in [5, 5.41) is 17.9. The minimum atomic E-state index is -0.695. The van der Waals surface area contributed by atoms with Gasteiger partial charge in [0.2, 0.25) is 0 Å². The molecule has 0 aliphatic carbocycles. The maximum absolute atomic E-state index is 13.5. The van der Waals surface area contributed by atoms with Crippen molar-refractivity contribution >= 4 is 57.4 Å². The van der Waals surface area contributed by atoms with Crippen LogP contribution in [0.1, 0.15) is 64.8 Å². The molecule has 40 heavy (non-hydrogen) atoms. The Bertz CT molecular complexity index is 1170. The van der Waals surface area contributed by atoms with Crippen LogP contribution in [-0.4, -0.2) is 41.6 Å². The number of alkyl carbamates (subject to hydrolysis) is 2. The predicted molar refractivity (Wildman–Crippen MR) is 164 cm³/mol. The average Bonchev–Trinajstić information content (AvgIpc) is 2.77. The van der Waals surface area contributed by atoms with Crippen molar-refractivity contribution < 1.29 is 33.0 Å². The zero-order valence-corrected chi connectivity index (χ0v) is 27.3. The van der Waals surface area contributed by atoms with E-state index in [4.69, 9.17) is 15.0 Å². The van der Waals surface area contributed by atoms with E-state index in [2.05, 4.69) is 20.7 Å². The van der Waals surface area contributed by atoms with Crippen LogP contribution in [0.15, 0.2) is 41.5 Å². The second kappa shape index (κ2) is 16.1. The summed E-state index contributed by atoms with van der Waals surface area (Å²) in [6.07, 6.45) is -1.30. The molecule has 10 nitrogen and oxygen atoms in total. The Balaban J connectivity index is 0.000000402. The third-order valence-electron chi connectivity index (χ3n) is 4.47. The summed E-state index contributed by atoms with van der Waals surface area (Å²) in [5.41, 5.74) is 8.17. The third-order valence-corrected chi connectivity index (χ3v) is 5.71. The highest BCUT2D eigenvalue weighted by Crippen LogP contribution is 2.21. The van der Waals surface area contributed by atoms with E-state index < -0.39 is 47.1 Å². The van der Waals surface area contributed by atoms with Gasteiger partial charge in [0.1, 0.15) is 22.8 Å². The number of halogens is 4. The minimum Gasteiger partial charge on any atom is -0.444 e. The van der Waals surface area contributed by atoms with Crippen LogP contribution in [0.3, 0.4) is 0 Å². The van der Waals surface area contributed by atoms with E-state index in [1.54, 1.807) is 53.7 Å². The van der Waals surface area contributed by atoms with Crippen molar-refractivity contribution in [2.24, 2.45) is 5.11 Å². The molecule has 2 aromatic carbocycles. The van der Waals surface area contributed by atoms with Crippen LogP contribution in [0.5, 0.6) is 0 Å². The molecule has 0 bridgehead atoms. The van der Waals surface area contributed by atoms with Gasteiger partial charge >= 0.3 is 12.2 Å². The van der Waals surface area contributed by atoms with Gasteiger partial charge in [0, 0.05) is 12.1 Å². The SMILES string of the molecule is CC(C)(C)OC(=O)N[C@H](CN=[N+]=[N-])c1cc(F)cc(I)c1.CC(C)(C)OC(=O)N[C@H](CO)c1cc(F)cc(I)c1. The van der Waals surface area contributed by atoms with Gasteiger partial charge < -0.3 is 25.2 Å². The number of aliphatic hydroxyl groups is 1. The maximum atomic E-state index is 13.5. The van der Waals surface area contributed by atoms with Gasteiger partial charge in [0.15, 0.2) is 0 Å². The standard InChI is InChI=1S/C13H16FIN4O2.C13H17FINO3/c1-13(2,3)21-12(20)18-11(7-17-19-16)8-4-9(14)6-10(15)5-8;1-13(2,3)19-12(18)16-11(7-17)8-4-9(14)6-10(15)5-8/h4-6,11H,7H2,1-3H3,(H,18,20);4-6,11,17H,7H2,1-3H3,(H,16,18)/t2*11-/m11/s1. The lowest BCUT2D eigenvalue weighted by Crippen LogP contribution is -2.36. The lowest BCUT2D eigenvalue weighted by Gasteiger charge is -2.23. The number of benzene rings is 2. The van der Waals surface area contributed by atoms with E-state index in [-0.39, 0.29) is 13.2 Å². The first-order chi connectivity index (χ1) is 18.4. The van der Waals surface area contributed by atoms with Gasteiger partial charge in [-0.2, -0.15) is 0 Å². The Kier molecular flexibility index (Phi) is 14.3. The van der Waals surface area contributed by atoms with Crippen molar-refractivity contribution in [3.05, 3.63) is 76.7 Å². The smallest absolute Gasteiger partial charge is 0.408 e. The lowest BCUT2D eigenvalue weighted by molar-refractivity contribution is 0.0477. The molecule has 3 N–H and O–H groups in total. The Morgan fingerprint density at radius 1 is 0.875 bits per heavy atom. The molecule has 2 atom stereocenters. The molecule has 0 spiro atoms. The number of nitrogens with one attached hydrogen (secondary N) is 2. The lowest BCUT2D eigenvalue weighted by atomic mass is 10.1. The number of hydrogen-bond acceptors (Lipinski definition) is 6. The van der Waals surface area contributed by atoms with Gasteiger partial charge in [0.05, 0.1) is 25.2 Å². The van der Waals surface area contributed by atoms with Crippen LogP contribution in [0.25, 0.3) is 10.4 Å². The molecule has 0 heterocycles. The summed E-state index contributed by atoms with van der Waals surface area (Å²) >= 11 is 3.94. The molecule has 2 aromatic rings. The molecule has 0 aliphatic rings. The first kappa shape index (κ1) is 35.6. The van der Waals surface area contributed by atoms with Gasteiger partial charge in [-0.15, -0.1) is 0 Å². The van der Waals surface area contributed by atoms with Crippen molar-refractivity contribution in [3.8, 4) is 0 Å². The molecule has 0 saturated heterocycles. The van der Waals surface area contributed by atoms with Gasteiger partial charge in [-0.05, 0) is 140 Å². The normalized spacial score (nSPS) is 12.6. The first-order valence-electron chi connectivity index (χ1n) is 11.9. The molecule has 14 heteroatoms. The minimum absolute atomic E-state index is 0.0325. The second-order valence-corrected chi connectivity index (χ2v) is 12.9. The van der Waals surface area contributed by atoms with Crippen molar-refractivity contribution in [2.75, 3.05) is 13.2 Å². The quantitative estimate of drug-likeness (QED) is 0.117. The number of nitrogens with zero attached hydrogens (tertiary/aromatic N) is 3. The van der Waals surface area contributed by atoms with Crippen LogP contribution >= 0.6 is 45.2 Å². The highest BCUT2D eigenvalue weighted by molar-refractivity contribution is 14.1. The van der Waals surface area contributed by atoms with Crippen molar-refractivity contribution in [2.45, 2.75) is 64.8 Å². The zero-order chi connectivity index (χ0) is 30.7. The largest absolute Gasteiger partial charge is 0.444 e. The van der Waals surface area contributed by atoms with Crippen molar-refractivity contribution in [1.29, 1.82) is 0 Å². The summed E-state index contributed by atoms with van der Waals surface area (Å²) in [5.74, 6) is -0.833. The molecular formula is C26H33F2I2N5O5. The average molecular weight is 787 g/mol. The van der Waals surface area contributed by atoms with E-state index in [0.29, 0.717) is 18.3 Å². The number of hydrogen-bond donors (Lipinski definition) is 3. The Morgan fingerprint density at radius 3 is 1.62 bits per heavy atom. The van der Waals surface area contributed by atoms with E-state index in [9.17, 15) is 23.5 Å². The van der Waals surface area contributed by atoms with Gasteiger partial charge in [-0.1, -0.05) is 5.11 Å². The zero-order valence-electron chi connectivity index (χ0n) is 23.0. The fourth-order valence-corrected chi connectivity index (χ4v) is 4.35. The summed E-state index contributed by atoms with van der Waals surface area (Å²) in [6.45, 7) is 10.1. The first-order valence-corrected chi connectivity index (χ1v) is 14.1. The molecule has 0 fully saturated rings. The highest BCUT2D eigenvalue weighted by atomic mass is 127. The summed E-state index contributed by atoms with van der Waals surface area (Å²) in [6, 6.07) is 7.35. The van der Waals surface area contributed by atoms with Crippen LogP contribution in [0, 0.1) is 18.8 Å². The summed E-state index contributed by atoms with van der Waals surface area (Å²) in [4.78, 5) is 26.1. The molecule has 0 saturated carbocycles. The Morgan fingerprint density at radius 2 is 1.27 bits per heavy atom. The second-order valence-electron chi connectivity index (χ2n) is 10.4. The number of amides is 2. The fourth-order valence-electron chi connectivity index (χ4n) is 3.04. The van der Waals surface area contributed by atoms with Crippen LogP contribution in [0.2, 0.25) is 0 Å². The molecule has 220 valence electrons. The predicted octanol–water partition coefficient (Wildman–Crippen LogP) is 7.29. The maximum Gasteiger partial charge on any atom is 0.408 e. The fraction of sp³-hybridized carbons (Fsp3) is 0.462. The number of rotatable bonds is 7. The monoisotopic (exact) mass is 787 g/mol. The molecule has 0 unspecified atom stereocenters. The van der Waals surface area contributed by atoms with Crippen LogP contribution < -0.4 is 10.6 Å². The number of carbonyl (C=O) groups excluding carboxylic acids is 2. The topological polar surface area (TPSA) is 146 Å². The molecule has 2 rings (SSSR count). The number of carbonyl (C=O) groups is 2. The van der Waals surface area contributed by atoms with E-state index in [1.165, 1.54) is 24.3 Å². The Hall–Kier alpha value is -2.43. The van der Waals surface area contributed by atoms with Gasteiger partial charge in [0.25, 0.3) is 0 Å². The van der Waals surface area contributed by atoms with Crippen molar-refractivity contribution in [1.82, 2.24) is 10.6 Å². The van der Waals surface area contributed by atoms with E-state index in [0.717, 1.165) is 0 Å². The molecule has 2 amide bonds. The highest BCUT2D eigenvalue weighted by Gasteiger charge is 2.22. The van der Waals surface area contributed by atoms with Crippen LogP contribution in [-0.2, 0) is 9.47 Å². The van der Waals surface area contributed by atoms with Crippen molar-refractivity contribution in [3.63, 3.8) is 0 Å². The van der Waals surface area contributed by atoms with Gasteiger partial charge in [-0.3, -0.25) is 0 Å². The summed E-state index contributed by atoms with van der Waals surface area (Å²) in [7, 11) is 0. The molecule has 0 aromatic heterocycles.